The predicted molar refractivity (Wildman–Crippen MR) is 44.8 cm³/mol. The van der Waals surface area contributed by atoms with Gasteiger partial charge in [0.05, 0.1) is 11.9 Å². The van der Waals surface area contributed by atoms with Crippen LogP contribution in [0.4, 0.5) is 13.2 Å². The number of halogens is 4. The molecule has 0 bridgehead atoms. The molecule has 84 valence electrons. The van der Waals surface area contributed by atoms with Gasteiger partial charge < -0.3 is 0 Å². The van der Waals surface area contributed by atoms with Crippen LogP contribution in [0.5, 0.6) is 0 Å². The van der Waals surface area contributed by atoms with E-state index in [4.69, 9.17) is 10.7 Å². The Kier molecular flexibility index (Phi) is 2.92. The zero-order valence-electron chi connectivity index (χ0n) is 7.21. The molecule has 1 heterocycles. The van der Waals surface area contributed by atoms with Crippen LogP contribution in [0.25, 0.3) is 0 Å². The van der Waals surface area contributed by atoms with Crippen molar-refractivity contribution in [1.29, 1.82) is 0 Å². The third kappa shape index (κ3) is 2.78. The van der Waals surface area contributed by atoms with E-state index in [1.54, 1.807) is 0 Å². The minimum absolute atomic E-state index is 0.340. The summed E-state index contributed by atoms with van der Waals surface area (Å²) in [5.74, 6) is -1.40. The van der Waals surface area contributed by atoms with Crippen LogP contribution in [0, 0.1) is 6.92 Å². The number of hydrogen-bond acceptors (Lipinski definition) is 4. The van der Waals surface area contributed by atoms with E-state index >= 15 is 0 Å². The highest BCUT2D eigenvalue weighted by molar-refractivity contribution is 8.13. The van der Waals surface area contributed by atoms with Gasteiger partial charge >= 0.3 is 6.18 Å². The van der Waals surface area contributed by atoms with Gasteiger partial charge in [-0.25, -0.2) is 18.4 Å². The highest BCUT2D eigenvalue weighted by Crippen LogP contribution is 2.27. The van der Waals surface area contributed by atoms with Crippen LogP contribution >= 0.6 is 10.7 Å². The number of alkyl halides is 3. The minimum atomic E-state index is -4.71. The molecular formula is C6H4ClF3N2O2S. The van der Waals surface area contributed by atoms with Gasteiger partial charge in [0.25, 0.3) is 9.05 Å². The third-order valence-electron chi connectivity index (χ3n) is 1.45. The molecule has 15 heavy (non-hydrogen) atoms. The van der Waals surface area contributed by atoms with E-state index in [2.05, 4.69) is 9.97 Å². The van der Waals surface area contributed by atoms with Gasteiger partial charge in [-0.1, -0.05) is 0 Å². The van der Waals surface area contributed by atoms with Gasteiger partial charge in [-0.15, -0.1) is 0 Å². The fourth-order valence-corrected chi connectivity index (χ4v) is 1.86. The molecule has 1 aromatic rings. The van der Waals surface area contributed by atoms with Crippen molar-refractivity contribution in [3.63, 3.8) is 0 Å². The van der Waals surface area contributed by atoms with Crippen molar-refractivity contribution in [2.75, 3.05) is 0 Å². The van der Waals surface area contributed by atoms with E-state index in [-0.39, 0.29) is 5.69 Å². The molecule has 0 aliphatic carbocycles. The Balaban J connectivity index is 3.34. The molecule has 0 radical (unpaired) electrons. The van der Waals surface area contributed by atoms with Gasteiger partial charge in [0.2, 0.25) is 5.82 Å². The molecule has 0 aliphatic rings. The first-order valence-electron chi connectivity index (χ1n) is 3.48. The van der Waals surface area contributed by atoms with Gasteiger partial charge in [0.15, 0.2) is 0 Å². The lowest BCUT2D eigenvalue weighted by atomic mass is 10.4. The van der Waals surface area contributed by atoms with Crippen LogP contribution in [0.3, 0.4) is 0 Å². The maximum atomic E-state index is 12.1. The Hall–Kier alpha value is -0.890. The molecule has 0 amide bonds. The second-order valence-corrected chi connectivity index (χ2v) is 5.11. The third-order valence-corrected chi connectivity index (χ3v) is 2.88. The van der Waals surface area contributed by atoms with E-state index in [9.17, 15) is 21.6 Å². The summed E-state index contributed by atoms with van der Waals surface area (Å²) in [6.07, 6.45) is -4.17. The summed E-state index contributed by atoms with van der Waals surface area (Å²) in [6.45, 7) is 1.10. The predicted octanol–water partition coefficient (Wildman–Crippen LogP) is 1.73. The first-order chi connectivity index (χ1) is 6.62. The topological polar surface area (TPSA) is 59.9 Å². The minimum Gasteiger partial charge on any atom is -0.232 e. The van der Waals surface area contributed by atoms with Gasteiger partial charge in [0, 0.05) is 10.7 Å². The summed E-state index contributed by atoms with van der Waals surface area (Å²) in [5, 5.41) is 0. The zero-order chi connectivity index (χ0) is 11.9. The molecule has 1 rings (SSSR count). The molecule has 4 nitrogen and oxygen atoms in total. The Morgan fingerprint density at radius 3 is 2.27 bits per heavy atom. The van der Waals surface area contributed by atoms with Crippen LogP contribution in [-0.4, -0.2) is 18.4 Å². The van der Waals surface area contributed by atoms with Crippen molar-refractivity contribution in [2.24, 2.45) is 0 Å². The van der Waals surface area contributed by atoms with E-state index in [0.29, 0.717) is 6.20 Å². The molecule has 0 fully saturated rings. The number of rotatable bonds is 1. The van der Waals surface area contributed by atoms with Crippen molar-refractivity contribution in [2.45, 2.75) is 18.0 Å². The molecule has 9 heteroatoms. The number of aromatic nitrogens is 2. The largest absolute Gasteiger partial charge is 0.451 e. The Morgan fingerprint density at radius 2 is 1.93 bits per heavy atom. The van der Waals surface area contributed by atoms with Crippen molar-refractivity contribution < 1.29 is 21.6 Å². The van der Waals surface area contributed by atoms with Gasteiger partial charge in [-0.3, -0.25) is 0 Å². The fraction of sp³-hybridized carbons (Fsp3) is 0.333. The van der Waals surface area contributed by atoms with Crippen LogP contribution < -0.4 is 0 Å². The second-order valence-electron chi connectivity index (χ2n) is 2.58. The quantitative estimate of drug-likeness (QED) is 0.722. The summed E-state index contributed by atoms with van der Waals surface area (Å²) in [6, 6.07) is 0. The van der Waals surface area contributed by atoms with Crippen molar-refractivity contribution in [3.8, 4) is 0 Å². The van der Waals surface area contributed by atoms with E-state index in [1.807, 2.05) is 0 Å². The smallest absolute Gasteiger partial charge is 0.232 e. The van der Waals surface area contributed by atoms with Crippen LogP contribution in [0.1, 0.15) is 11.5 Å². The highest BCUT2D eigenvalue weighted by Gasteiger charge is 2.35. The Labute approximate surface area is 87.5 Å². The van der Waals surface area contributed by atoms with Crippen LogP contribution in [0.2, 0.25) is 0 Å². The van der Waals surface area contributed by atoms with E-state index in [0.717, 1.165) is 6.92 Å². The average molecular weight is 261 g/mol. The fourth-order valence-electron chi connectivity index (χ4n) is 0.832. The van der Waals surface area contributed by atoms with Crippen LogP contribution in [0.15, 0.2) is 11.1 Å². The molecule has 0 unspecified atom stereocenters. The summed E-state index contributed by atoms with van der Waals surface area (Å²) in [7, 11) is 0.826. The lowest BCUT2D eigenvalue weighted by Crippen LogP contribution is -2.13. The standard InChI is InChI=1S/C6H4ClF3N2O2S/c1-3-4(15(7,13)14)2-11-5(12-3)6(8,9)10/h2H,1H3. The molecule has 0 aromatic carbocycles. The average Bonchev–Trinajstić information content (AvgIpc) is 1.99. The lowest BCUT2D eigenvalue weighted by Gasteiger charge is -2.06. The maximum absolute atomic E-state index is 12.1. The monoisotopic (exact) mass is 260 g/mol. The van der Waals surface area contributed by atoms with Crippen molar-refractivity contribution >= 4 is 19.7 Å². The van der Waals surface area contributed by atoms with Crippen molar-refractivity contribution in [3.05, 3.63) is 17.7 Å². The summed E-state index contributed by atoms with van der Waals surface area (Å²) in [5.41, 5.74) is -0.340. The first-order valence-corrected chi connectivity index (χ1v) is 5.79. The molecule has 0 N–H and O–H groups in total. The first kappa shape index (κ1) is 12.2. The number of aryl methyl sites for hydroxylation is 1. The molecule has 0 saturated heterocycles. The van der Waals surface area contributed by atoms with Gasteiger partial charge in [-0.05, 0) is 6.92 Å². The summed E-state index contributed by atoms with van der Waals surface area (Å²) >= 11 is 0. The zero-order valence-corrected chi connectivity index (χ0v) is 8.78. The molecular weight excluding hydrogens is 257 g/mol. The number of hydrogen-bond donors (Lipinski definition) is 0. The summed E-state index contributed by atoms with van der Waals surface area (Å²) < 4.78 is 57.9. The van der Waals surface area contributed by atoms with E-state index in [1.165, 1.54) is 0 Å². The molecule has 0 atom stereocenters. The lowest BCUT2D eigenvalue weighted by molar-refractivity contribution is -0.145. The molecule has 0 aliphatic heterocycles. The van der Waals surface area contributed by atoms with Gasteiger partial charge in [0.1, 0.15) is 4.90 Å². The number of nitrogens with zero attached hydrogens (tertiary/aromatic N) is 2. The molecule has 0 saturated carbocycles. The highest BCUT2D eigenvalue weighted by atomic mass is 35.7. The summed E-state index contributed by atoms with van der Waals surface area (Å²) in [4.78, 5) is 5.36. The van der Waals surface area contributed by atoms with Crippen molar-refractivity contribution in [1.82, 2.24) is 9.97 Å². The van der Waals surface area contributed by atoms with Crippen LogP contribution in [-0.2, 0) is 15.2 Å². The Bertz CT molecular complexity index is 486. The molecule has 0 spiro atoms. The maximum Gasteiger partial charge on any atom is 0.451 e. The van der Waals surface area contributed by atoms with Gasteiger partial charge in [-0.2, -0.15) is 13.2 Å². The SMILES string of the molecule is Cc1nc(C(F)(F)F)ncc1S(=O)(=O)Cl. The Morgan fingerprint density at radius 1 is 1.40 bits per heavy atom. The second kappa shape index (κ2) is 3.60. The molecule has 1 aromatic heterocycles. The normalized spacial score (nSPS) is 12.9. The van der Waals surface area contributed by atoms with E-state index < -0.39 is 25.9 Å².